The maximum atomic E-state index is 12.9. The quantitative estimate of drug-likeness (QED) is 0.0261. The number of carbonyl (C=O) groups is 3. The van der Waals surface area contributed by atoms with Crippen LogP contribution in [-0.4, -0.2) is 37.2 Å². The minimum atomic E-state index is -0.828. The van der Waals surface area contributed by atoms with E-state index in [-0.39, 0.29) is 44.0 Å². The summed E-state index contributed by atoms with van der Waals surface area (Å²) in [6, 6.07) is 0. The van der Waals surface area contributed by atoms with Crippen LogP contribution < -0.4 is 0 Å². The highest BCUT2D eigenvalue weighted by atomic mass is 16.6. The van der Waals surface area contributed by atoms with Gasteiger partial charge in [-0.25, -0.2) is 0 Å². The Kier molecular flexibility index (Phi) is 62.5. The average Bonchev–Trinajstić information content (AvgIpc) is 3.47. The minimum absolute atomic E-state index is 0.119. The molecule has 452 valence electrons. The summed E-state index contributed by atoms with van der Waals surface area (Å²) < 4.78 is 16.8. The molecule has 0 heterocycles. The molecule has 0 N–H and O–H groups in total. The lowest BCUT2D eigenvalue weighted by atomic mass is 10.1. The molecule has 0 aliphatic carbocycles. The van der Waals surface area contributed by atoms with Crippen molar-refractivity contribution in [3.63, 3.8) is 0 Å². The number of hydrogen-bond acceptors (Lipinski definition) is 6. The van der Waals surface area contributed by atoms with E-state index in [1.807, 2.05) is 0 Å². The fourth-order valence-electron chi connectivity index (χ4n) is 8.11. The van der Waals surface area contributed by atoms with Gasteiger partial charge in [0, 0.05) is 19.3 Å². The smallest absolute Gasteiger partial charge is 0.306 e. The van der Waals surface area contributed by atoms with Crippen molar-refractivity contribution < 1.29 is 28.6 Å². The van der Waals surface area contributed by atoms with Gasteiger partial charge in [-0.05, 0) is 154 Å². The Morgan fingerprint density at radius 3 is 0.802 bits per heavy atom. The third-order valence-electron chi connectivity index (χ3n) is 12.9. The lowest BCUT2D eigenvalue weighted by molar-refractivity contribution is -0.167. The first-order valence-corrected chi connectivity index (χ1v) is 32.3. The molecule has 0 radical (unpaired) electrons. The van der Waals surface area contributed by atoms with Crippen molar-refractivity contribution in [3.05, 3.63) is 182 Å². The maximum absolute atomic E-state index is 12.9. The molecule has 0 saturated heterocycles. The lowest BCUT2D eigenvalue weighted by Gasteiger charge is -2.18. The zero-order chi connectivity index (χ0) is 58.5. The van der Waals surface area contributed by atoms with Gasteiger partial charge in [-0.2, -0.15) is 0 Å². The number of hydrogen-bond donors (Lipinski definition) is 0. The number of rotatable bonds is 56. The second kappa shape index (κ2) is 67.0. The van der Waals surface area contributed by atoms with Crippen molar-refractivity contribution in [2.75, 3.05) is 13.2 Å². The van der Waals surface area contributed by atoms with Crippen LogP contribution in [0, 0.1) is 0 Å². The van der Waals surface area contributed by atoms with E-state index >= 15 is 0 Å². The summed E-state index contributed by atoms with van der Waals surface area (Å²) in [6.45, 7) is 6.30. The molecule has 0 aromatic rings. The van der Waals surface area contributed by atoms with Gasteiger partial charge >= 0.3 is 17.9 Å². The number of esters is 3. The first-order valence-electron chi connectivity index (χ1n) is 32.3. The third-order valence-corrected chi connectivity index (χ3v) is 12.9. The summed E-state index contributed by atoms with van der Waals surface area (Å²) in [6.07, 6.45) is 100. The van der Waals surface area contributed by atoms with Crippen LogP contribution in [0.25, 0.3) is 0 Å². The topological polar surface area (TPSA) is 78.9 Å². The van der Waals surface area contributed by atoms with Crippen molar-refractivity contribution in [3.8, 4) is 0 Å². The standard InChI is InChI=1S/C75H116O6/c1-4-7-10-13-16-19-22-25-28-30-32-33-34-35-36-37-38-39-40-41-43-44-47-50-53-56-59-62-65-68-74(77)80-71-72(70-79-73(76)67-64-61-58-55-52-49-46-27-24-21-18-15-12-9-6-3)81-75(78)69-66-63-60-57-54-51-48-45-42-31-29-26-23-20-17-14-11-8-5-2/h7,9-10,12,16-21,25-29,32-33,35-36,38-39,41-43,45-47,50,56,59,72H,4-6,8,11,13-15,22-24,30-31,34,37,40,44,48-49,51-55,57-58,60-71H2,1-3H3/b10-7-,12-9-,19-16-,20-17-,21-18-,28-25-,29-26-,33-32-,36-35-,39-38-,43-41-,45-42-,46-27-,50-47-,59-56-. The Morgan fingerprint density at radius 1 is 0.259 bits per heavy atom. The summed E-state index contributed by atoms with van der Waals surface area (Å²) in [5.41, 5.74) is 0. The van der Waals surface area contributed by atoms with E-state index in [0.29, 0.717) is 12.8 Å². The first kappa shape index (κ1) is 75.5. The van der Waals surface area contributed by atoms with Crippen LogP contribution in [0.15, 0.2) is 182 Å². The Bertz CT molecular complexity index is 1900. The highest BCUT2D eigenvalue weighted by Gasteiger charge is 2.19. The van der Waals surface area contributed by atoms with E-state index in [1.165, 1.54) is 38.5 Å². The Hall–Kier alpha value is -5.49. The number of allylic oxidation sites excluding steroid dienone is 30. The van der Waals surface area contributed by atoms with Crippen LogP contribution in [0.3, 0.4) is 0 Å². The molecule has 0 aromatic heterocycles. The van der Waals surface area contributed by atoms with Gasteiger partial charge in [0.2, 0.25) is 0 Å². The zero-order valence-corrected chi connectivity index (χ0v) is 51.7. The number of ether oxygens (including phenoxy) is 3. The summed E-state index contributed by atoms with van der Waals surface area (Å²) in [5.74, 6) is -1.02. The van der Waals surface area contributed by atoms with E-state index in [2.05, 4.69) is 203 Å². The summed E-state index contributed by atoms with van der Waals surface area (Å²) in [5, 5.41) is 0. The van der Waals surface area contributed by atoms with Gasteiger partial charge in [0.25, 0.3) is 0 Å². The summed E-state index contributed by atoms with van der Waals surface area (Å²) in [4.78, 5) is 38.3. The van der Waals surface area contributed by atoms with Crippen molar-refractivity contribution >= 4 is 17.9 Å². The van der Waals surface area contributed by atoms with Gasteiger partial charge in [0.1, 0.15) is 13.2 Å². The molecule has 6 nitrogen and oxygen atoms in total. The minimum Gasteiger partial charge on any atom is -0.462 e. The molecule has 0 aliphatic heterocycles. The fourth-order valence-corrected chi connectivity index (χ4v) is 8.11. The maximum Gasteiger partial charge on any atom is 0.306 e. The largest absolute Gasteiger partial charge is 0.462 e. The third kappa shape index (κ3) is 65.2. The summed E-state index contributed by atoms with van der Waals surface area (Å²) in [7, 11) is 0. The van der Waals surface area contributed by atoms with Crippen molar-refractivity contribution in [1.29, 1.82) is 0 Å². The highest BCUT2D eigenvalue weighted by molar-refractivity contribution is 5.71. The molecular formula is C75H116O6. The van der Waals surface area contributed by atoms with Crippen molar-refractivity contribution in [2.24, 2.45) is 0 Å². The van der Waals surface area contributed by atoms with E-state index < -0.39 is 6.10 Å². The lowest BCUT2D eigenvalue weighted by Crippen LogP contribution is -2.30. The normalized spacial score (nSPS) is 13.4. The molecule has 0 aliphatic rings. The van der Waals surface area contributed by atoms with Crippen LogP contribution in [0.5, 0.6) is 0 Å². The molecule has 1 atom stereocenters. The molecule has 0 amide bonds. The van der Waals surface area contributed by atoms with E-state index in [0.717, 1.165) is 167 Å². The van der Waals surface area contributed by atoms with Gasteiger partial charge in [-0.15, -0.1) is 0 Å². The SMILES string of the molecule is CC/C=C\C/C=C\C/C=C\C/C=C\C/C=C\C/C=C\C/C=C\C/C=C\C/C=C\CCCC(=O)OCC(COC(=O)CCCCCCC/C=C\C/C=C\C/C=C\CC)OC(=O)CCCCCCCC/C=C\C/C=C\C/C=C\CCCCC. The van der Waals surface area contributed by atoms with Crippen LogP contribution >= 0.6 is 0 Å². The molecule has 0 rings (SSSR count). The number of carbonyl (C=O) groups excluding carboxylic acids is 3. The fraction of sp³-hybridized carbons (Fsp3) is 0.560. The van der Waals surface area contributed by atoms with Gasteiger partial charge in [-0.1, -0.05) is 261 Å². The molecule has 1 unspecified atom stereocenters. The second-order valence-corrected chi connectivity index (χ2v) is 20.5. The van der Waals surface area contributed by atoms with E-state index in [9.17, 15) is 14.4 Å². The van der Waals surface area contributed by atoms with Gasteiger partial charge in [0.05, 0.1) is 0 Å². The molecular weight excluding hydrogens is 997 g/mol. The predicted molar refractivity (Wildman–Crippen MR) is 352 cm³/mol. The molecule has 0 fully saturated rings. The van der Waals surface area contributed by atoms with Crippen LogP contribution in [-0.2, 0) is 28.6 Å². The van der Waals surface area contributed by atoms with Crippen molar-refractivity contribution in [2.45, 2.75) is 258 Å². The molecule has 81 heavy (non-hydrogen) atoms. The average molecular weight is 1110 g/mol. The zero-order valence-electron chi connectivity index (χ0n) is 51.7. The summed E-state index contributed by atoms with van der Waals surface area (Å²) >= 11 is 0. The Labute approximate surface area is 497 Å². The van der Waals surface area contributed by atoms with E-state index in [4.69, 9.17) is 14.2 Å². The van der Waals surface area contributed by atoms with Gasteiger partial charge in [0.15, 0.2) is 6.10 Å². The molecule has 0 saturated carbocycles. The Balaban J connectivity index is 4.53. The van der Waals surface area contributed by atoms with Crippen LogP contribution in [0.2, 0.25) is 0 Å². The highest BCUT2D eigenvalue weighted by Crippen LogP contribution is 2.13. The van der Waals surface area contributed by atoms with Crippen molar-refractivity contribution in [1.82, 2.24) is 0 Å². The predicted octanol–water partition coefficient (Wildman–Crippen LogP) is 22.4. The molecule has 0 aromatic carbocycles. The monoisotopic (exact) mass is 1110 g/mol. The Morgan fingerprint density at radius 2 is 0.494 bits per heavy atom. The number of unbranched alkanes of at least 4 members (excludes halogenated alkanes) is 15. The molecule has 0 spiro atoms. The second-order valence-electron chi connectivity index (χ2n) is 20.5. The van der Waals surface area contributed by atoms with Crippen LogP contribution in [0.4, 0.5) is 0 Å². The van der Waals surface area contributed by atoms with Crippen LogP contribution in [0.1, 0.15) is 252 Å². The first-order chi connectivity index (χ1) is 40.0. The van der Waals surface area contributed by atoms with E-state index in [1.54, 1.807) is 0 Å². The molecule has 0 bridgehead atoms. The molecule has 6 heteroatoms. The van der Waals surface area contributed by atoms with Gasteiger partial charge in [-0.3, -0.25) is 14.4 Å². The van der Waals surface area contributed by atoms with Gasteiger partial charge < -0.3 is 14.2 Å².